The average Bonchev–Trinajstić information content (AvgIpc) is 2.70. The predicted molar refractivity (Wildman–Crippen MR) is 112 cm³/mol. The van der Waals surface area contributed by atoms with Gasteiger partial charge < -0.3 is 0 Å². The number of benzene rings is 3. The SMILES string of the molecule is CCCCc1ccc(NS(=O)(=O)c2cc3c4c(cccc4c2)C(=O)NC3=O)cc1. The molecule has 4 rings (SSSR count). The van der Waals surface area contributed by atoms with Gasteiger partial charge in [0.15, 0.2) is 0 Å². The largest absolute Gasteiger partial charge is 0.288 e. The van der Waals surface area contributed by atoms with Gasteiger partial charge in [-0.25, -0.2) is 8.42 Å². The highest BCUT2D eigenvalue weighted by atomic mass is 32.2. The zero-order chi connectivity index (χ0) is 20.6. The quantitative estimate of drug-likeness (QED) is 0.606. The van der Waals surface area contributed by atoms with Crippen LogP contribution in [0.4, 0.5) is 5.69 Å². The second-order valence-corrected chi connectivity index (χ2v) is 8.75. The van der Waals surface area contributed by atoms with Crippen LogP contribution in [0.5, 0.6) is 0 Å². The Hall–Kier alpha value is -3.19. The van der Waals surface area contributed by atoms with Crippen molar-refractivity contribution in [2.75, 3.05) is 4.72 Å². The van der Waals surface area contributed by atoms with Gasteiger partial charge in [0, 0.05) is 22.2 Å². The third kappa shape index (κ3) is 3.61. The lowest BCUT2D eigenvalue weighted by Crippen LogP contribution is -2.34. The average molecular weight is 408 g/mol. The number of rotatable bonds is 6. The molecule has 1 heterocycles. The Labute approximate surface area is 169 Å². The fourth-order valence-electron chi connectivity index (χ4n) is 3.50. The molecule has 0 atom stereocenters. The van der Waals surface area contributed by atoms with E-state index in [1.807, 2.05) is 12.1 Å². The van der Waals surface area contributed by atoms with E-state index in [2.05, 4.69) is 17.0 Å². The molecule has 0 bridgehead atoms. The topological polar surface area (TPSA) is 92.3 Å². The van der Waals surface area contributed by atoms with Crippen molar-refractivity contribution < 1.29 is 18.0 Å². The lowest BCUT2D eigenvalue weighted by molar-refractivity contribution is 0.0845. The standard InChI is InChI=1S/C22H20N2O4S/c1-2-3-5-14-8-10-16(11-9-14)24-29(27,28)17-12-15-6-4-7-18-20(15)19(13-17)22(26)23-21(18)25/h4,6-13,24H,2-3,5H2,1H3,(H,23,25,26). The van der Waals surface area contributed by atoms with Crippen LogP contribution in [0.3, 0.4) is 0 Å². The van der Waals surface area contributed by atoms with Crippen molar-refractivity contribution in [1.29, 1.82) is 0 Å². The van der Waals surface area contributed by atoms with E-state index in [-0.39, 0.29) is 10.5 Å². The highest BCUT2D eigenvalue weighted by molar-refractivity contribution is 7.92. The molecular formula is C22H20N2O4S. The fourth-order valence-corrected chi connectivity index (χ4v) is 4.62. The number of sulfonamides is 1. The number of hydrogen-bond donors (Lipinski definition) is 2. The van der Waals surface area contributed by atoms with Crippen molar-refractivity contribution in [3.05, 3.63) is 71.3 Å². The Kier molecular flexibility index (Phi) is 4.84. The zero-order valence-electron chi connectivity index (χ0n) is 15.9. The Bertz CT molecular complexity index is 1230. The molecular weight excluding hydrogens is 388 g/mol. The number of imide groups is 1. The second-order valence-electron chi connectivity index (χ2n) is 7.06. The van der Waals surface area contributed by atoms with Gasteiger partial charge in [-0.1, -0.05) is 37.6 Å². The number of anilines is 1. The molecule has 0 aromatic heterocycles. The van der Waals surface area contributed by atoms with Crippen molar-refractivity contribution in [2.24, 2.45) is 0 Å². The molecule has 148 valence electrons. The van der Waals surface area contributed by atoms with Gasteiger partial charge >= 0.3 is 0 Å². The van der Waals surface area contributed by atoms with E-state index < -0.39 is 21.8 Å². The monoisotopic (exact) mass is 408 g/mol. The number of aryl methyl sites for hydroxylation is 1. The first-order valence-electron chi connectivity index (χ1n) is 9.43. The van der Waals surface area contributed by atoms with Gasteiger partial charge in [0.2, 0.25) is 0 Å². The number of amides is 2. The minimum absolute atomic E-state index is 0.0308. The van der Waals surface area contributed by atoms with Crippen molar-refractivity contribution in [2.45, 2.75) is 31.1 Å². The number of nitrogens with one attached hydrogen (secondary N) is 2. The Balaban J connectivity index is 1.71. The van der Waals surface area contributed by atoms with Crippen LogP contribution < -0.4 is 10.0 Å². The molecule has 29 heavy (non-hydrogen) atoms. The molecule has 2 amide bonds. The summed E-state index contributed by atoms with van der Waals surface area (Å²) in [5.41, 5.74) is 2.14. The summed E-state index contributed by atoms with van der Waals surface area (Å²) in [5, 5.41) is 3.25. The Morgan fingerprint density at radius 3 is 2.38 bits per heavy atom. The maximum Gasteiger partial charge on any atom is 0.261 e. The minimum Gasteiger partial charge on any atom is -0.288 e. The van der Waals surface area contributed by atoms with Crippen molar-refractivity contribution >= 4 is 38.3 Å². The highest BCUT2D eigenvalue weighted by Gasteiger charge is 2.27. The zero-order valence-corrected chi connectivity index (χ0v) is 16.7. The number of unbranched alkanes of at least 4 members (excludes halogenated alkanes) is 1. The molecule has 1 aliphatic heterocycles. The molecule has 3 aromatic rings. The van der Waals surface area contributed by atoms with Crippen LogP contribution in [0.2, 0.25) is 0 Å². The van der Waals surface area contributed by atoms with Crippen LogP contribution in [0, 0.1) is 0 Å². The van der Waals surface area contributed by atoms with E-state index in [4.69, 9.17) is 0 Å². The van der Waals surface area contributed by atoms with Crippen LogP contribution >= 0.6 is 0 Å². The summed E-state index contributed by atoms with van der Waals surface area (Å²) in [5.74, 6) is -1.08. The lowest BCUT2D eigenvalue weighted by atomic mass is 9.95. The van der Waals surface area contributed by atoms with E-state index in [0.29, 0.717) is 22.0 Å². The summed E-state index contributed by atoms with van der Waals surface area (Å²) in [6.07, 6.45) is 3.13. The molecule has 6 nitrogen and oxygen atoms in total. The van der Waals surface area contributed by atoms with Gasteiger partial charge in [0.1, 0.15) is 0 Å². The molecule has 0 saturated heterocycles. The summed E-state index contributed by atoms with van der Waals surface area (Å²) < 4.78 is 28.4. The van der Waals surface area contributed by atoms with Crippen molar-refractivity contribution in [3.8, 4) is 0 Å². The molecule has 3 aromatic carbocycles. The molecule has 2 N–H and O–H groups in total. The summed E-state index contributed by atoms with van der Waals surface area (Å²) in [7, 11) is -3.91. The Morgan fingerprint density at radius 2 is 1.66 bits per heavy atom. The van der Waals surface area contributed by atoms with Gasteiger partial charge in [0.05, 0.1) is 4.90 Å². The molecule has 0 spiro atoms. The van der Waals surface area contributed by atoms with E-state index in [0.717, 1.165) is 24.8 Å². The molecule has 0 aliphatic carbocycles. The Morgan fingerprint density at radius 1 is 0.931 bits per heavy atom. The van der Waals surface area contributed by atoms with Crippen LogP contribution in [-0.4, -0.2) is 20.2 Å². The van der Waals surface area contributed by atoms with Crippen molar-refractivity contribution in [3.63, 3.8) is 0 Å². The summed E-state index contributed by atoms with van der Waals surface area (Å²) in [6, 6.07) is 15.0. The third-order valence-electron chi connectivity index (χ3n) is 5.00. The van der Waals surface area contributed by atoms with Crippen molar-refractivity contribution in [1.82, 2.24) is 5.32 Å². The van der Waals surface area contributed by atoms with Gasteiger partial charge in [0.25, 0.3) is 21.8 Å². The smallest absolute Gasteiger partial charge is 0.261 e. The first-order valence-corrected chi connectivity index (χ1v) is 10.9. The van der Waals surface area contributed by atoms with E-state index in [1.54, 1.807) is 30.3 Å². The summed E-state index contributed by atoms with van der Waals surface area (Å²) >= 11 is 0. The van der Waals surface area contributed by atoms with Crippen LogP contribution in [0.25, 0.3) is 10.8 Å². The fraction of sp³-hybridized carbons (Fsp3) is 0.182. The van der Waals surface area contributed by atoms with Crippen LogP contribution in [-0.2, 0) is 16.4 Å². The normalized spacial score (nSPS) is 13.4. The van der Waals surface area contributed by atoms with E-state index in [9.17, 15) is 18.0 Å². The summed E-state index contributed by atoms with van der Waals surface area (Å²) in [6.45, 7) is 2.12. The first-order chi connectivity index (χ1) is 13.9. The predicted octanol–water partition coefficient (Wildman–Crippen LogP) is 3.87. The van der Waals surface area contributed by atoms with E-state index in [1.165, 1.54) is 12.1 Å². The molecule has 0 saturated carbocycles. The molecule has 0 fully saturated rings. The van der Waals surface area contributed by atoms with Gasteiger partial charge in [-0.2, -0.15) is 0 Å². The van der Waals surface area contributed by atoms with Crippen LogP contribution in [0.15, 0.2) is 59.5 Å². The molecule has 1 aliphatic rings. The lowest BCUT2D eigenvalue weighted by Gasteiger charge is -2.18. The minimum atomic E-state index is -3.91. The molecule has 0 unspecified atom stereocenters. The summed E-state index contributed by atoms with van der Waals surface area (Å²) in [4.78, 5) is 24.3. The van der Waals surface area contributed by atoms with Gasteiger partial charge in [-0.05, 0) is 54.1 Å². The van der Waals surface area contributed by atoms with Crippen LogP contribution in [0.1, 0.15) is 46.0 Å². The molecule has 0 radical (unpaired) electrons. The highest BCUT2D eigenvalue weighted by Crippen LogP contribution is 2.30. The third-order valence-corrected chi connectivity index (χ3v) is 6.36. The van der Waals surface area contributed by atoms with Gasteiger partial charge in [-0.3, -0.25) is 19.6 Å². The maximum atomic E-state index is 12.9. The maximum absolute atomic E-state index is 12.9. The first kappa shape index (κ1) is 19.1. The van der Waals surface area contributed by atoms with E-state index >= 15 is 0 Å². The number of carbonyl (C=O) groups excluding carboxylic acids is 2. The molecule has 7 heteroatoms. The second kappa shape index (κ2) is 7.33. The number of hydrogen-bond acceptors (Lipinski definition) is 4. The number of carbonyl (C=O) groups is 2. The van der Waals surface area contributed by atoms with Gasteiger partial charge in [-0.15, -0.1) is 0 Å².